The minimum absolute atomic E-state index is 0.0372. The van der Waals surface area contributed by atoms with E-state index in [-0.39, 0.29) is 11.7 Å². The largest absolute Gasteiger partial charge is 0.409 e. The first-order chi connectivity index (χ1) is 9.60. The van der Waals surface area contributed by atoms with Crippen molar-refractivity contribution in [2.45, 2.75) is 13.5 Å². The highest BCUT2D eigenvalue weighted by Crippen LogP contribution is 2.16. The van der Waals surface area contributed by atoms with E-state index in [2.05, 4.69) is 15.5 Å². The van der Waals surface area contributed by atoms with Crippen LogP contribution in [0.15, 0.2) is 41.7 Å². The average Bonchev–Trinajstić information content (AvgIpc) is 2.46. The van der Waals surface area contributed by atoms with Crippen molar-refractivity contribution in [3.05, 3.63) is 59.2 Å². The van der Waals surface area contributed by atoms with Gasteiger partial charge in [0.05, 0.1) is 0 Å². The summed E-state index contributed by atoms with van der Waals surface area (Å²) in [5.74, 6) is -0.295. The molecular weight excluding hydrogens is 259 g/mol. The molecule has 5 nitrogen and oxygen atoms in total. The molecule has 0 fully saturated rings. The number of nitrogens with one attached hydrogen (secondary N) is 1. The standard InChI is InChI=1S/C14H15FN4O/c1-9-6-11(15)2-3-12(9)18-8-10-4-5-17-13(7-10)14(16)19-20/h2-7,18,20H,8H2,1H3,(H2,16,19). The Morgan fingerprint density at radius 3 is 2.90 bits per heavy atom. The van der Waals surface area contributed by atoms with Crippen LogP contribution < -0.4 is 11.1 Å². The van der Waals surface area contributed by atoms with Gasteiger partial charge >= 0.3 is 0 Å². The Morgan fingerprint density at radius 2 is 2.20 bits per heavy atom. The molecule has 0 saturated carbocycles. The van der Waals surface area contributed by atoms with E-state index in [1.807, 2.05) is 13.0 Å². The van der Waals surface area contributed by atoms with Crippen LogP contribution in [0.4, 0.5) is 10.1 Å². The number of anilines is 1. The summed E-state index contributed by atoms with van der Waals surface area (Å²) in [4.78, 5) is 4.00. The van der Waals surface area contributed by atoms with Crippen molar-refractivity contribution < 1.29 is 9.60 Å². The number of hydrogen-bond donors (Lipinski definition) is 3. The van der Waals surface area contributed by atoms with E-state index in [9.17, 15) is 4.39 Å². The lowest BCUT2D eigenvalue weighted by Crippen LogP contribution is -2.15. The molecule has 2 aromatic rings. The van der Waals surface area contributed by atoms with Crippen molar-refractivity contribution in [2.24, 2.45) is 10.9 Å². The summed E-state index contributed by atoms with van der Waals surface area (Å²) in [6, 6.07) is 8.11. The molecule has 104 valence electrons. The second kappa shape index (κ2) is 6.01. The number of hydrogen-bond acceptors (Lipinski definition) is 4. The van der Waals surface area contributed by atoms with Gasteiger partial charge in [-0.25, -0.2) is 4.39 Å². The second-order valence-corrected chi connectivity index (χ2v) is 4.35. The second-order valence-electron chi connectivity index (χ2n) is 4.35. The third-order valence-corrected chi connectivity index (χ3v) is 2.87. The predicted octanol–water partition coefficient (Wildman–Crippen LogP) is 2.24. The molecule has 1 heterocycles. The van der Waals surface area contributed by atoms with Gasteiger partial charge in [0.1, 0.15) is 11.5 Å². The lowest BCUT2D eigenvalue weighted by Gasteiger charge is -2.10. The van der Waals surface area contributed by atoms with Crippen molar-refractivity contribution in [1.82, 2.24) is 4.98 Å². The number of pyridine rings is 1. The summed E-state index contributed by atoms with van der Waals surface area (Å²) in [5.41, 5.74) is 8.50. The highest BCUT2D eigenvalue weighted by molar-refractivity contribution is 5.95. The topological polar surface area (TPSA) is 83.5 Å². The van der Waals surface area contributed by atoms with E-state index in [4.69, 9.17) is 10.9 Å². The maximum atomic E-state index is 13.0. The average molecular weight is 274 g/mol. The Hall–Kier alpha value is -2.63. The van der Waals surface area contributed by atoms with E-state index in [1.165, 1.54) is 12.1 Å². The van der Waals surface area contributed by atoms with Gasteiger partial charge in [0.2, 0.25) is 0 Å². The van der Waals surface area contributed by atoms with E-state index < -0.39 is 0 Å². The lowest BCUT2D eigenvalue weighted by atomic mass is 10.1. The van der Waals surface area contributed by atoms with Crippen molar-refractivity contribution in [1.29, 1.82) is 0 Å². The Morgan fingerprint density at radius 1 is 1.40 bits per heavy atom. The van der Waals surface area contributed by atoms with Gasteiger partial charge in [0, 0.05) is 18.4 Å². The number of halogens is 1. The Kier molecular flexibility index (Phi) is 4.14. The molecule has 20 heavy (non-hydrogen) atoms. The molecule has 0 unspecified atom stereocenters. The summed E-state index contributed by atoms with van der Waals surface area (Å²) < 4.78 is 13.0. The summed E-state index contributed by atoms with van der Waals surface area (Å²) in [6.07, 6.45) is 1.59. The first-order valence-electron chi connectivity index (χ1n) is 6.03. The number of rotatable bonds is 4. The molecule has 0 atom stereocenters. The van der Waals surface area contributed by atoms with Gasteiger partial charge < -0.3 is 16.3 Å². The van der Waals surface area contributed by atoms with Crippen molar-refractivity contribution in [2.75, 3.05) is 5.32 Å². The van der Waals surface area contributed by atoms with Gasteiger partial charge in [-0.15, -0.1) is 0 Å². The van der Waals surface area contributed by atoms with Crippen LogP contribution in [0.25, 0.3) is 0 Å². The van der Waals surface area contributed by atoms with Crippen molar-refractivity contribution in [3.8, 4) is 0 Å². The fraction of sp³-hybridized carbons (Fsp3) is 0.143. The molecule has 4 N–H and O–H groups in total. The minimum atomic E-state index is -0.258. The van der Waals surface area contributed by atoms with Crippen LogP contribution in [0.1, 0.15) is 16.8 Å². The maximum absolute atomic E-state index is 13.0. The molecule has 6 heteroatoms. The molecule has 0 radical (unpaired) electrons. The maximum Gasteiger partial charge on any atom is 0.188 e. The number of aryl methyl sites for hydroxylation is 1. The zero-order chi connectivity index (χ0) is 14.5. The number of nitrogens with zero attached hydrogens (tertiary/aromatic N) is 2. The number of aromatic nitrogens is 1. The fourth-order valence-corrected chi connectivity index (χ4v) is 1.80. The van der Waals surface area contributed by atoms with Crippen LogP contribution in [0.3, 0.4) is 0 Å². The number of amidine groups is 1. The van der Waals surface area contributed by atoms with Crippen LogP contribution in [-0.2, 0) is 6.54 Å². The number of benzene rings is 1. The Balaban J connectivity index is 2.11. The number of nitrogens with two attached hydrogens (primary N) is 1. The molecule has 0 aliphatic heterocycles. The Labute approximate surface area is 116 Å². The van der Waals surface area contributed by atoms with Gasteiger partial charge in [0.25, 0.3) is 0 Å². The highest BCUT2D eigenvalue weighted by Gasteiger charge is 2.03. The van der Waals surface area contributed by atoms with Crippen molar-refractivity contribution in [3.63, 3.8) is 0 Å². The van der Waals surface area contributed by atoms with E-state index in [1.54, 1.807) is 18.3 Å². The summed E-state index contributed by atoms with van der Waals surface area (Å²) in [7, 11) is 0. The van der Waals surface area contributed by atoms with Crippen LogP contribution >= 0.6 is 0 Å². The molecule has 0 bridgehead atoms. The van der Waals surface area contributed by atoms with Gasteiger partial charge in [-0.3, -0.25) is 4.98 Å². The van der Waals surface area contributed by atoms with Crippen molar-refractivity contribution >= 4 is 11.5 Å². The molecule has 0 amide bonds. The molecule has 0 spiro atoms. The predicted molar refractivity (Wildman–Crippen MR) is 75.2 cm³/mol. The highest BCUT2D eigenvalue weighted by atomic mass is 19.1. The van der Waals surface area contributed by atoms with Gasteiger partial charge in [0.15, 0.2) is 5.84 Å². The van der Waals surface area contributed by atoms with Crippen LogP contribution in [0.2, 0.25) is 0 Å². The van der Waals surface area contributed by atoms with E-state index in [0.717, 1.165) is 16.8 Å². The zero-order valence-electron chi connectivity index (χ0n) is 11.0. The molecule has 1 aromatic heterocycles. The SMILES string of the molecule is Cc1cc(F)ccc1NCc1ccnc(C(N)=NO)c1. The lowest BCUT2D eigenvalue weighted by molar-refractivity contribution is 0.318. The van der Waals surface area contributed by atoms with Crippen LogP contribution in [0.5, 0.6) is 0 Å². The monoisotopic (exact) mass is 274 g/mol. The normalized spacial score (nSPS) is 11.4. The van der Waals surface area contributed by atoms with E-state index >= 15 is 0 Å². The van der Waals surface area contributed by atoms with Crippen LogP contribution in [0, 0.1) is 12.7 Å². The molecule has 1 aromatic carbocycles. The van der Waals surface area contributed by atoms with Gasteiger partial charge in [-0.05, 0) is 48.4 Å². The molecule has 0 saturated heterocycles. The third-order valence-electron chi connectivity index (χ3n) is 2.87. The smallest absolute Gasteiger partial charge is 0.188 e. The van der Waals surface area contributed by atoms with Gasteiger partial charge in [-0.1, -0.05) is 5.16 Å². The first kappa shape index (κ1) is 13.8. The summed E-state index contributed by atoms with van der Waals surface area (Å²) in [5, 5.41) is 14.7. The van der Waals surface area contributed by atoms with Gasteiger partial charge in [-0.2, -0.15) is 0 Å². The fourth-order valence-electron chi connectivity index (χ4n) is 1.80. The quantitative estimate of drug-likeness (QED) is 0.345. The first-order valence-corrected chi connectivity index (χ1v) is 6.03. The molecule has 0 aliphatic carbocycles. The Bertz CT molecular complexity index is 643. The molecule has 0 aliphatic rings. The summed E-state index contributed by atoms with van der Waals surface area (Å²) >= 11 is 0. The van der Waals surface area contributed by atoms with Crippen LogP contribution in [-0.4, -0.2) is 16.0 Å². The molecule has 2 rings (SSSR count). The summed E-state index contributed by atoms with van der Waals surface area (Å²) in [6.45, 7) is 2.36. The third kappa shape index (κ3) is 3.23. The number of oxime groups is 1. The minimum Gasteiger partial charge on any atom is -0.409 e. The van der Waals surface area contributed by atoms with E-state index in [0.29, 0.717) is 12.2 Å². The molecular formula is C14H15FN4O. The zero-order valence-corrected chi connectivity index (χ0v) is 11.0.